The van der Waals surface area contributed by atoms with Crippen molar-refractivity contribution >= 4 is 5.82 Å². The lowest BCUT2D eigenvalue weighted by molar-refractivity contribution is 0.166. The molecule has 2 aromatic heterocycles. The molecule has 22 heavy (non-hydrogen) atoms. The number of rotatable bonds is 5. The van der Waals surface area contributed by atoms with Crippen molar-refractivity contribution in [2.24, 2.45) is 5.92 Å². The summed E-state index contributed by atoms with van der Waals surface area (Å²) in [6.45, 7) is 3.30. The van der Waals surface area contributed by atoms with E-state index in [-0.39, 0.29) is 0 Å². The standard InChI is InChI=1S/C17H23N5/c1-18-17-7-6-16(20-21-17)10-14-5-3-9-22(12-14)13-15-4-2-8-19-11-15/h2,4,6-8,11,14H,3,5,9-10,12-13H2,1H3,(H,18,21). The summed E-state index contributed by atoms with van der Waals surface area (Å²) in [4.78, 5) is 6.73. The number of pyridine rings is 1. The molecular formula is C17H23N5. The lowest BCUT2D eigenvalue weighted by Crippen LogP contribution is -2.35. The zero-order valence-corrected chi connectivity index (χ0v) is 13.1. The van der Waals surface area contributed by atoms with Crippen LogP contribution in [0.3, 0.4) is 0 Å². The number of anilines is 1. The van der Waals surface area contributed by atoms with Crippen LogP contribution in [0.25, 0.3) is 0 Å². The van der Waals surface area contributed by atoms with Gasteiger partial charge in [-0.2, -0.15) is 5.10 Å². The van der Waals surface area contributed by atoms with Crippen LogP contribution in [0.4, 0.5) is 5.82 Å². The summed E-state index contributed by atoms with van der Waals surface area (Å²) >= 11 is 0. The number of likely N-dealkylation sites (tertiary alicyclic amines) is 1. The first-order valence-electron chi connectivity index (χ1n) is 7.95. The Morgan fingerprint density at radius 3 is 2.95 bits per heavy atom. The third-order valence-corrected chi connectivity index (χ3v) is 4.21. The van der Waals surface area contributed by atoms with Crippen molar-refractivity contribution in [2.75, 3.05) is 25.5 Å². The van der Waals surface area contributed by atoms with Gasteiger partial charge in [0, 0.05) is 32.5 Å². The Bertz CT molecular complexity index is 569. The number of hydrogen-bond acceptors (Lipinski definition) is 5. The van der Waals surface area contributed by atoms with Crippen LogP contribution >= 0.6 is 0 Å². The minimum atomic E-state index is 0.667. The topological polar surface area (TPSA) is 53.9 Å². The number of piperidine rings is 1. The van der Waals surface area contributed by atoms with Crippen LogP contribution in [0.15, 0.2) is 36.7 Å². The average molecular weight is 297 g/mol. The monoisotopic (exact) mass is 297 g/mol. The van der Waals surface area contributed by atoms with Crippen molar-refractivity contribution in [3.05, 3.63) is 47.9 Å². The first kappa shape index (κ1) is 14.9. The van der Waals surface area contributed by atoms with Crippen molar-refractivity contribution < 1.29 is 0 Å². The molecule has 2 aromatic rings. The molecule has 1 atom stereocenters. The molecule has 1 saturated heterocycles. The molecule has 3 rings (SSSR count). The number of aromatic nitrogens is 3. The summed E-state index contributed by atoms with van der Waals surface area (Å²) in [6.07, 6.45) is 7.34. The third-order valence-electron chi connectivity index (χ3n) is 4.21. The van der Waals surface area contributed by atoms with Crippen LogP contribution in [0.1, 0.15) is 24.1 Å². The maximum absolute atomic E-state index is 4.31. The maximum atomic E-state index is 4.31. The fourth-order valence-electron chi connectivity index (χ4n) is 3.11. The zero-order chi connectivity index (χ0) is 15.2. The SMILES string of the molecule is CNc1ccc(CC2CCCN(Cc3cccnc3)C2)nn1. The Morgan fingerprint density at radius 1 is 1.27 bits per heavy atom. The van der Waals surface area contributed by atoms with Gasteiger partial charge in [-0.15, -0.1) is 5.10 Å². The van der Waals surface area contributed by atoms with Crippen LogP contribution in [-0.4, -0.2) is 40.2 Å². The van der Waals surface area contributed by atoms with Gasteiger partial charge in [-0.25, -0.2) is 0 Å². The van der Waals surface area contributed by atoms with Gasteiger partial charge in [0.25, 0.3) is 0 Å². The fourth-order valence-corrected chi connectivity index (χ4v) is 3.11. The van der Waals surface area contributed by atoms with Gasteiger partial charge >= 0.3 is 0 Å². The zero-order valence-electron chi connectivity index (χ0n) is 13.1. The fraction of sp³-hybridized carbons (Fsp3) is 0.471. The van der Waals surface area contributed by atoms with Gasteiger partial charge in [-0.3, -0.25) is 9.88 Å². The molecule has 1 fully saturated rings. The van der Waals surface area contributed by atoms with E-state index in [1.54, 1.807) is 0 Å². The Labute approximate surface area is 131 Å². The lowest BCUT2D eigenvalue weighted by atomic mass is 9.93. The van der Waals surface area contributed by atoms with E-state index in [9.17, 15) is 0 Å². The predicted octanol–water partition coefficient (Wildman–Crippen LogP) is 2.37. The van der Waals surface area contributed by atoms with E-state index in [1.165, 1.54) is 24.9 Å². The van der Waals surface area contributed by atoms with Gasteiger partial charge in [0.05, 0.1) is 5.69 Å². The molecule has 5 nitrogen and oxygen atoms in total. The predicted molar refractivity (Wildman–Crippen MR) is 87.5 cm³/mol. The van der Waals surface area contributed by atoms with E-state index < -0.39 is 0 Å². The van der Waals surface area contributed by atoms with Gasteiger partial charge in [0.15, 0.2) is 0 Å². The van der Waals surface area contributed by atoms with Crippen molar-refractivity contribution in [3.8, 4) is 0 Å². The molecule has 1 unspecified atom stereocenters. The van der Waals surface area contributed by atoms with Gasteiger partial charge < -0.3 is 5.32 Å². The summed E-state index contributed by atoms with van der Waals surface area (Å²) in [5.41, 5.74) is 2.38. The third kappa shape index (κ3) is 4.01. The molecule has 1 aliphatic heterocycles. The average Bonchev–Trinajstić information content (AvgIpc) is 2.57. The molecule has 1 aliphatic rings. The summed E-state index contributed by atoms with van der Waals surface area (Å²) in [5, 5.41) is 11.5. The van der Waals surface area contributed by atoms with E-state index in [0.717, 1.165) is 31.0 Å². The molecule has 0 radical (unpaired) electrons. The summed E-state index contributed by atoms with van der Waals surface area (Å²) in [5.74, 6) is 1.49. The minimum Gasteiger partial charge on any atom is -0.372 e. The number of nitrogens with zero attached hydrogens (tertiary/aromatic N) is 4. The molecule has 0 aromatic carbocycles. The molecule has 116 valence electrons. The van der Waals surface area contributed by atoms with E-state index in [0.29, 0.717) is 5.92 Å². The molecule has 0 amide bonds. The normalized spacial score (nSPS) is 19.0. The van der Waals surface area contributed by atoms with Crippen LogP contribution in [-0.2, 0) is 13.0 Å². The highest BCUT2D eigenvalue weighted by Crippen LogP contribution is 2.21. The smallest absolute Gasteiger partial charge is 0.148 e. The first-order valence-corrected chi connectivity index (χ1v) is 7.95. The second-order valence-corrected chi connectivity index (χ2v) is 5.97. The van der Waals surface area contributed by atoms with Crippen LogP contribution in [0.5, 0.6) is 0 Å². The summed E-state index contributed by atoms with van der Waals surface area (Å²) in [7, 11) is 1.86. The maximum Gasteiger partial charge on any atom is 0.148 e. The van der Waals surface area contributed by atoms with Crippen molar-refractivity contribution in [3.63, 3.8) is 0 Å². The molecule has 0 spiro atoms. The Kier molecular flexibility index (Phi) is 4.96. The van der Waals surface area contributed by atoms with Crippen molar-refractivity contribution in [2.45, 2.75) is 25.8 Å². The highest BCUT2D eigenvalue weighted by atomic mass is 15.2. The Balaban J connectivity index is 1.55. The number of hydrogen-bond donors (Lipinski definition) is 1. The second-order valence-electron chi connectivity index (χ2n) is 5.97. The van der Waals surface area contributed by atoms with E-state index >= 15 is 0 Å². The van der Waals surface area contributed by atoms with Crippen molar-refractivity contribution in [1.82, 2.24) is 20.1 Å². The Morgan fingerprint density at radius 2 is 2.23 bits per heavy atom. The van der Waals surface area contributed by atoms with Gasteiger partial charge in [0.2, 0.25) is 0 Å². The highest BCUT2D eigenvalue weighted by Gasteiger charge is 2.20. The van der Waals surface area contributed by atoms with Crippen LogP contribution < -0.4 is 5.32 Å². The molecule has 0 aliphatic carbocycles. The quantitative estimate of drug-likeness (QED) is 0.918. The molecular weight excluding hydrogens is 274 g/mol. The summed E-state index contributed by atoms with van der Waals surface area (Å²) < 4.78 is 0. The molecule has 5 heteroatoms. The highest BCUT2D eigenvalue weighted by molar-refractivity contribution is 5.31. The van der Waals surface area contributed by atoms with Crippen LogP contribution in [0, 0.1) is 5.92 Å². The van der Waals surface area contributed by atoms with Gasteiger partial charge in [-0.1, -0.05) is 6.07 Å². The molecule has 0 bridgehead atoms. The second kappa shape index (κ2) is 7.31. The molecule has 1 N–H and O–H groups in total. The van der Waals surface area contributed by atoms with E-state index in [4.69, 9.17) is 0 Å². The lowest BCUT2D eigenvalue weighted by Gasteiger charge is -2.32. The van der Waals surface area contributed by atoms with Crippen molar-refractivity contribution in [1.29, 1.82) is 0 Å². The Hall–Kier alpha value is -2.01. The van der Waals surface area contributed by atoms with E-state index in [1.807, 2.05) is 31.6 Å². The number of nitrogens with one attached hydrogen (secondary N) is 1. The van der Waals surface area contributed by atoms with Crippen LogP contribution in [0.2, 0.25) is 0 Å². The molecule has 0 saturated carbocycles. The van der Waals surface area contributed by atoms with Gasteiger partial charge in [0.1, 0.15) is 5.82 Å². The first-order chi connectivity index (χ1) is 10.8. The largest absolute Gasteiger partial charge is 0.372 e. The van der Waals surface area contributed by atoms with E-state index in [2.05, 4.69) is 37.5 Å². The summed E-state index contributed by atoms with van der Waals surface area (Å²) in [6, 6.07) is 8.24. The minimum absolute atomic E-state index is 0.667. The molecule has 3 heterocycles. The van der Waals surface area contributed by atoms with Gasteiger partial charge in [-0.05, 0) is 55.5 Å².